The highest BCUT2D eigenvalue weighted by molar-refractivity contribution is 7.11. The minimum atomic E-state index is -4.91. The van der Waals surface area contributed by atoms with Crippen molar-refractivity contribution in [2.24, 2.45) is 0 Å². The molecule has 0 bridgehead atoms. The molecule has 2 N–H and O–H groups in total. The SMILES string of the molecule is CC(Nc1cc(C(F)(F)F)c(NC(=O)c2nccs2)cn1)C(F)(F)F. The Bertz CT molecular complexity index is 744. The van der Waals surface area contributed by atoms with Gasteiger partial charge in [-0.25, -0.2) is 9.97 Å². The first-order chi connectivity index (χ1) is 11.5. The van der Waals surface area contributed by atoms with Crippen LogP contribution in [0.25, 0.3) is 0 Å². The van der Waals surface area contributed by atoms with E-state index in [0.29, 0.717) is 12.3 Å². The van der Waals surface area contributed by atoms with Crippen LogP contribution in [0.15, 0.2) is 23.8 Å². The third kappa shape index (κ3) is 4.81. The van der Waals surface area contributed by atoms with Gasteiger partial charge in [-0.3, -0.25) is 4.79 Å². The molecule has 5 nitrogen and oxygen atoms in total. The topological polar surface area (TPSA) is 66.9 Å². The summed E-state index contributed by atoms with van der Waals surface area (Å²) < 4.78 is 77.0. The molecule has 1 atom stereocenters. The molecule has 0 aromatic carbocycles. The number of aromatic nitrogens is 2. The van der Waals surface area contributed by atoms with E-state index in [1.165, 1.54) is 11.6 Å². The average Bonchev–Trinajstić information content (AvgIpc) is 3.01. The van der Waals surface area contributed by atoms with Gasteiger partial charge >= 0.3 is 12.4 Å². The highest BCUT2D eigenvalue weighted by Gasteiger charge is 2.38. The maximum Gasteiger partial charge on any atom is 0.418 e. The van der Waals surface area contributed by atoms with Crippen molar-refractivity contribution in [1.29, 1.82) is 0 Å². The normalized spacial score (nSPS) is 13.4. The van der Waals surface area contributed by atoms with Crippen LogP contribution in [0.4, 0.5) is 37.8 Å². The van der Waals surface area contributed by atoms with E-state index in [4.69, 9.17) is 0 Å². The molecular formula is C13H10F6N4OS. The summed E-state index contributed by atoms with van der Waals surface area (Å²) in [4.78, 5) is 19.0. The first kappa shape index (κ1) is 19.0. The Morgan fingerprint density at radius 3 is 2.40 bits per heavy atom. The van der Waals surface area contributed by atoms with E-state index in [1.807, 2.05) is 10.6 Å². The molecule has 2 heterocycles. The summed E-state index contributed by atoms with van der Waals surface area (Å²) in [6.45, 7) is 0.743. The number of alkyl halides is 6. The number of hydrogen-bond acceptors (Lipinski definition) is 5. The van der Waals surface area contributed by atoms with Crippen LogP contribution < -0.4 is 10.6 Å². The summed E-state index contributed by atoms with van der Waals surface area (Å²) in [7, 11) is 0. The van der Waals surface area contributed by atoms with E-state index >= 15 is 0 Å². The van der Waals surface area contributed by atoms with Crippen LogP contribution >= 0.6 is 11.3 Å². The number of hydrogen-bond donors (Lipinski definition) is 2. The lowest BCUT2D eigenvalue weighted by molar-refractivity contribution is -0.138. The zero-order valence-corrected chi connectivity index (χ0v) is 13.2. The van der Waals surface area contributed by atoms with Crippen molar-refractivity contribution in [1.82, 2.24) is 9.97 Å². The Morgan fingerprint density at radius 2 is 1.88 bits per heavy atom. The minimum absolute atomic E-state index is 0.0685. The summed E-state index contributed by atoms with van der Waals surface area (Å²) >= 11 is 0.916. The zero-order valence-electron chi connectivity index (χ0n) is 12.4. The van der Waals surface area contributed by atoms with Crippen molar-refractivity contribution in [2.75, 3.05) is 10.6 Å². The molecule has 0 saturated carbocycles. The molecule has 12 heteroatoms. The summed E-state index contributed by atoms with van der Waals surface area (Å²) in [5, 5.41) is 5.24. The number of anilines is 2. The van der Waals surface area contributed by atoms with Gasteiger partial charge in [-0.1, -0.05) is 0 Å². The Morgan fingerprint density at radius 1 is 1.20 bits per heavy atom. The van der Waals surface area contributed by atoms with Gasteiger partial charge in [0.05, 0.1) is 17.4 Å². The van der Waals surface area contributed by atoms with Crippen molar-refractivity contribution in [2.45, 2.75) is 25.3 Å². The monoisotopic (exact) mass is 384 g/mol. The number of nitrogens with zero attached hydrogens (tertiary/aromatic N) is 2. The van der Waals surface area contributed by atoms with Gasteiger partial charge in [0, 0.05) is 11.6 Å². The second-order valence-corrected chi connectivity index (χ2v) is 5.71. The van der Waals surface area contributed by atoms with Crippen LogP contribution in [-0.4, -0.2) is 28.1 Å². The predicted octanol–water partition coefficient (Wildman–Crippen LogP) is 4.17. The minimum Gasteiger partial charge on any atom is -0.359 e. The maximum atomic E-state index is 13.2. The molecule has 0 radical (unpaired) electrons. The number of carbonyl (C=O) groups is 1. The van der Waals surface area contributed by atoms with E-state index in [9.17, 15) is 31.1 Å². The number of carbonyl (C=O) groups excluding carboxylic acids is 1. The molecule has 2 aromatic rings. The zero-order chi connectivity index (χ0) is 18.8. The van der Waals surface area contributed by atoms with Gasteiger partial charge in [0.15, 0.2) is 5.01 Å². The van der Waals surface area contributed by atoms with Crippen molar-refractivity contribution in [3.05, 3.63) is 34.4 Å². The summed E-state index contributed by atoms with van der Waals surface area (Å²) in [6.07, 6.45) is -7.63. The second kappa shape index (κ2) is 6.86. The van der Waals surface area contributed by atoms with E-state index in [2.05, 4.69) is 9.97 Å². The van der Waals surface area contributed by atoms with Gasteiger partial charge in [-0.05, 0) is 13.0 Å². The van der Waals surface area contributed by atoms with E-state index < -0.39 is 41.4 Å². The van der Waals surface area contributed by atoms with Gasteiger partial charge in [0.25, 0.3) is 5.91 Å². The summed E-state index contributed by atoms with van der Waals surface area (Å²) in [5.74, 6) is -1.50. The lowest BCUT2D eigenvalue weighted by atomic mass is 10.2. The number of halogens is 6. The van der Waals surface area contributed by atoms with Gasteiger partial charge in [-0.2, -0.15) is 26.3 Å². The number of amides is 1. The largest absolute Gasteiger partial charge is 0.418 e. The predicted molar refractivity (Wildman–Crippen MR) is 78.4 cm³/mol. The van der Waals surface area contributed by atoms with Crippen molar-refractivity contribution >= 4 is 28.7 Å². The van der Waals surface area contributed by atoms with Crippen LogP contribution in [0.2, 0.25) is 0 Å². The van der Waals surface area contributed by atoms with Gasteiger partial charge in [-0.15, -0.1) is 11.3 Å². The quantitative estimate of drug-likeness (QED) is 0.777. The molecule has 0 aliphatic carbocycles. The van der Waals surface area contributed by atoms with Crippen LogP contribution in [-0.2, 0) is 6.18 Å². The Kier molecular flexibility index (Phi) is 5.20. The molecule has 0 fully saturated rings. The molecule has 2 rings (SSSR count). The molecular weight excluding hydrogens is 374 g/mol. The Balaban J connectivity index is 2.30. The van der Waals surface area contributed by atoms with Crippen LogP contribution in [0.5, 0.6) is 0 Å². The van der Waals surface area contributed by atoms with Crippen LogP contribution in [0.1, 0.15) is 22.3 Å². The fraction of sp³-hybridized carbons (Fsp3) is 0.308. The molecule has 25 heavy (non-hydrogen) atoms. The van der Waals surface area contributed by atoms with Gasteiger partial charge < -0.3 is 10.6 Å². The van der Waals surface area contributed by atoms with Crippen molar-refractivity contribution in [3.8, 4) is 0 Å². The van der Waals surface area contributed by atoms with Crippen LogP contribution in [0, 0.1) is 0 Å². The summed E-state index contributed by atoms with van der Waals surface area (Å²) in [6, 6.07) is -1.70. The molecule has 136 valence electrons. The Hall–Kier alpha value is -2.37. The number of rotatable bonds is 4. The number of thiazole rings is 1. The maximum absolute atomic E-state index is 13.2. The fourth-order valence-electron chi connectivity index (χ4n) is 1.68. The molecule has 0 saturated heterocycles. The number of nitrogens with one attached hydrogen (secondary N) is 2. The average molecular weight is 384 g/mol. The number of pyridine rings is 1. The standard InChI is InChI=1S/C13H10F6N4OS/c1-6(12(14,15)16)22-9-4-7(13(17,18)19)8(5-21-9)23-10(24)11-20-2-3-25-11/h2-6H,1H3,(H,21,22)(H,23,24). The van der Waals surface area contributed by atoms with E-state index in [-0.39, 0.29) is 5.01 Å². The van der Waals surface area contributed by atoms with Gasteiger partial charge in [0.2, 0.25) is 0 Å². The third-order valence-electron chi connectivity index (χ3n) is 2.94. The lowest BCUT2D eigenvalue weighted by Gasteiger charge is -2.19. The van der Waals surface area contributed by atoms with Crippen LogP contribution in [0.3, 0.4) is 0 Å². The molecule has 0 aliphatic heterocycles. The first-order valence-corrected chi connectivity index (χ1v) is 7.48. The lowest BCUT2D eigenvalue weighted by Crippen LogP contribution is -2.33. The fourth-order valence-corrected chi connectivity index (χ4v) is 2.21. The molecule has 0 aliphatic rings. The molecule has 0 spiro atoms. The molecule has 1 amide bonds. The summed E-state index contributed by atoms with van der Waals surface area (Å²) in [5.41, 5.74) is -2.01. The highest BCUT2D eigenvalue weighted by atomic mass is 32.1. The van der Waals surface area contributed by atoms with E-state index in [1.54, 1.807) is 0 Å². The van der Waals surface area contributed by atoms with Crippen molar-refractivity contribution in [3.63, 3.8) is 0 Å². The third-order valence-corrected chi connectivity index (χ3v) is 3.71. The second-order valence-electron chi connectivity index (χ2n) is 4.81. The van der Waals surface area contributed by atoms with E-state index in [0.717, 1.165) is 18.3 Å². The smallest absolute Gasteiger partial charge is 0.359 e. The highest BCUT2D eigenvalue weighted by Crippen LogP contribution is 2.36. The Labute approximate surface area is 141 Å². The molecule has 1 unspecified atom stereocenters. The van der Waals surface area contributed by atoms with Crippen molar-refractivity contribution < 1.29 is 31.1 Å². The first-order valence-electron chi connectivity index (χ1n) is 6.60. The molecule has 2 aromatic heterocycles. The van der Waals surface area contributed by atoms with Gasteiger partial charge in [0.1, 0.15) is 11.9 Å².